The highest BCUT2D eigenvalue weighted by Crippen LogP contribution is 2.30. The van der Waals surface area contributed by atoms with Crippen LogP contribution < -0.4 is 5.69 Å². The van der Waals surface area contributed by atoms with E-state index < -0.39 is 60.4 Å². The van der Waals surface area contributed by atoms with E-state index in [2.05, 4.69) is 19.9 Å². The second-order valence-corrected chi connectivity index (χ2v) is 10.5. The van der Waals surface area contributed by atoms with E-state index in [-0.39, 0.29) is 34.3 Å². The van der Waals surface area contributed by atoms with E-state index in [9.17, 15) is 4.79 Å². The summed E-state index contributed by atoms with van der Waals surface area (Å²) in [6.07, 6.45) is 1.64. The maximum Gasteiger partial charge on any atom is 0.334 e. The lowest BCUT2D eigenvalue weighted by atomic mass is 9.99. The first-order valence-corrected chi connectivity index (χ1v) is 14.5. The second-order valence-electron chi connectivity index (χ2n) is 10.5. The third kappa shape index (κ3) is 5.30. The number of aromatic nitrogens is 6. The molecule has 0 unspecified atom stereocenters. The molecule has 0 bridgehead atoms. The normalized spacial score (nSPS) is 14.1. The fourth-order valence-electron chi connectivity index (χ4n) is 5.34. The van der Waals surface area contributed by atoms with Gasteiger partial charge in [-0.25, -0.2) is 29.3 Å². The van der Waals surface area contributed by atoms with Gasteiger partial charge in [0.15, 0.2) is 17.5 Å². The van der Waals surface area contributed by atoms with Crippen molar-refractivity contribution in [1.82, 2.24) is 29.1 Å². The Labute approximate surface area is 285 Å². The van der Waals surface area contributed by atoms with Crippen molar-refractivity contribution in [3.63, 3.8) is 0 Å². The van der Waals surface area contributed by atoms with Gasteiger partial charge < -0.3 is 0 Å². The highest BCUT2D eigenvalue weighted by molar-refractivity contribution is 5.84. The number of hydrogen-bond donors (Lipinski definition) is 0. The topological polar surface area (TPSA) is 78.5 Å². The Morgan fingerprint density at radius 1 is 0.532 bits per heavy atom. The van der Waals surface area contributed by atoms with E-state index in [0.29, 0.717) is 11.4 Å². The lowest BCUT2D eigenvalue weighted by molar-refractivity contribution is 0.834. The van der Waals surface area contributed by atoms with Crippen LogP contribution in [-0.2, 0) is 7.05 Å². The summed E-state index contributed by atoms with van der Waals surface area (Å²) < 4.78 is 86.1. The molecule has 0 atom stereocenters. The van der Waals surface area contributed by atoms with Crippen molar-refractivity contribution in [2.75, 3.05) is 0 Å². The molecule has 0 aliphatic carbocycles. The SMILES string of the molecule is [2H]c1c([2H])c([2H])c(-c2nc(-c3ccc(-c4ccc(-c5ccc6c(c5)n(C)c(=O)n6-c5ccccn5)cc4)cc3)nc(-c3c([2H])c([2H])c([2H])c([2H])c3[2H])n2)c([2H])c1[2H]. The summed E-state index contributed by atoms with van der Waals surface area (Å²) >= 11 is 0. The average molecular weight is 619 g/mol. The zero-order chi connectivity index (χ0) is 40.4. The Morgan fingerprint density at radius 2 is 1.02 bits per heavy atom. The van der Waals surface area contributed by atoms with Gasteiger partial charge in [-0.15, -0.1) is 0 Å². The molecule has 0 aliphatic rings. The molecule has 0 saturated carbocycles. The summed E-state index contributed by atoms with van der Waals surface area (Å²) in [6.45, 7) is 0. The lowest BCUT2D eigenvalue weighted by Gasteiger charge is -2.09. The third-order valence-corrected chi connectivity index (χ3v) is 7.71. The van der Waals surface area contributed by atoms with Gasteiger partial charge in [-0.3, -0.25) is 4.57 Å². The quantitative estimate of drug-likeness (QED) is 0.188. The van der Waals surface area contributed by atoms with Crippen LogP contribution in [0.1, 0.15) is 13.7 Å². The van der Waals surface area contributed by atoms with E-state index in [0.717, 1.165) is 33.3 Å². The number of pyridine rings is 1. The van der Waals surface area contributed by atoms with Crippen LogP contribution in [0.2, 0.25) is 0 Å². The molecule has 7 nitrogen and oxygen atoms in total. The molecule has 0 amide bonds. The van der Waals surface area contributed by atoms with Crippen LogP contribution in [0, 0.1) is 0 Å². The molecule has 0 N–H and O–H groups in total. The van der Waals surface area contributed by atoms with E-state index in [1.165, 1.54) is 0 Å². The predicted molar refractivity (Wildman–Crippen MR) is 187 cm³/mol. The van der Waals surface area contributed by atoms with Crippen LogP contribution in [0.3, 0.4) is 0 Å². The smallest absolute Gasteiger partial charge is 0.295 e. The minimum absolute atomic E-state index is 0.0165. The number of nitrogens with zero attached hydrogens (tertiary/aromatic N) is 6. The van der Waals surface area contributed by atoms with Gasteiger partial charge in [-0.2, -0.15) is 0 Å². The molecule has 3 heterocycles. The summed E-state index contributed by atoms with van der Waals surface area (Å²) in [7, 11) is 1.73. The molecular formula is C40H28N6O. The molecule has 0 fully saturated rings. The van der Waals surface area contributed by atoms with Gasteiger partial charge in [0.05, 0.1) is 24.7 Å². The highest BCUT2D eigenvalue weighted by atomic mass is 16.1. The zero-order valence-electron chi connectivity index (χ0n) is 34.8. The van der Waals surface area contributed by atoms with Gasteiger partial charge in [0.25, 0.3) is 0 Å². The van der Waals surface area contributed by atoms with Crippen LogP contribution >= 0.6 is 0 Å². The summed E-state index contributed by atoms with van der Waals surface area (Å²) in [5.74, 6) is -0.136. The molecule has 224 valence electrons. The summed E-state index contributed by atoms with van der Waals surface area (Å²) in [4.78, 5) is 30.8. The Bertz CT molecular complexity index is 2840. The molecular weight excluding hydrogens is 580 g/mol. The first-order valence-electron chi connectivity index (χ1n) is 19.5. The lowest BCUT2D eigenvalue weighted by Crippen LogP contribution is -2.21. The number of benzene rings is 5. The van der Waals surface area contributed by atoms with Crippen molar-refractivity contribution in [1.29, 1.82) is 0 Å². The third-order valence-electron chi connectivity index (χ3n) is 7.71. The maximum absolute atomic E-state index is 13.1. The molecule has 47 heavy (non-hydrogen) atoms. The number of rotatable bonds is 6. The maximum atomic E-state index is 13.1. The summed E-state index contributed by atoms with van der Waals surface area (Å²) in [5, 5.41) is 0. The fourth-order valence-corrected chi connectivity index (χ4v) is 5.34. The molecule has 8 aromatic rings. The van der Waals surface area contributed by atoms with Crippen molar-refractivity contribution in [3.05, 3.63) is 162 Å². The largest absolute Gasteiger partial charge is 0.334 e. The Hall–Kier alpha value is -6.47. The van der Waals surface area contributed by atoms with Gasteiger partial charge >= 0.3 is 5.69 Å². The Morgan fingerprint density at radius 3 is 1.55 bits per heavy atom. The van der Waals surface area contributed by atoms with Gasteiger partial charge in [0, 0.05) is 29.9 Å². The average Bonchev–Trinajstić information content (AvgIpc) is 3.49. The highest BCUT2D eigenvalue weighted by Gasteiger charge is 2.15. The van der Waals surface area contributed by atoms with Crippen molar-refractivity contribution < 1.29 is 13.7 Å². The summed E-state index contributed by atoms with van der Waals surface area (Å²) in [6, 6.07) is 20.2. The first kappa shape index (κ1) is 19.1. The summed E-state index contributed by atoms with van der Waals surface area (Å²) in [5.41, 5.74) is 4.62. The van der Waals surface area contributed by atoms with Crippen molar-refractivity contribution >= 4 is 11.0 Å². The minimum Gasteiger partial charge on any atom is -0.295 e. The minimum atomic E-state index is -0.612. The van der Waals surface area contributed by atoms with E-state index in [1.54, 1.807) is 46.6 Å². The first-order chi connectivity index (χ1) is 27.3. The van der Waals surface area contributed by atoms with E-state index in [4.69, 9.17) is 13.7 Å². The standard InChI is InChI=1S/C40H28N6O/c1-45-35-26-33(23-24-34(35)46(40(45)47)36-14-8-9-25-41-36)29-17-15-27(16-18-29)28-19-21-32(22-20-28)39-43-37(30-10-4-2-5-11-30)42-38(44-39)31-12-6-3-7-13-31/h2-26H,1H3/i2D,3D,4D,5D,6D,7D,10D,11D,12D,13D. The molecule has 8 rings (SSSR count). The number of hydrogen-bond acceptors (Lipinski definition) is 5. The number of imidazole rings is 1. The molecule has 0 spiro atoms. The van der Waals surface area contributed by atoms with Gasteiger partial charge in [0.1, 0.15) is 5.82 Å². The van der Waals surface area contributed by atoms with Crippen molar-refractivity contribution in [2.24, 2.45) is 7.05 Å². The fraction of sp³-hybridized carbons (Fsp3) is 0.0250. The Balaban J connectivity index is 1.17. The van der Waals surface area contributed by atoms with Crippen molar-refractivity contribution in [2.45, 2.75) is 0 Å². The predicted octanol–water partition coefficient (Wildman–Crippen LogP) is 8.24. The zero-order valence-corrected chi connectivity index (χ0v) is 24.8. The van der Waals surface area contributed by atoms with Crippen LogP contribution in [0.25, 0.3) is 73.3 Å². The molecule has 0 radical (unpaired) electrons. The Kier molecular flexibility index (Phi) is 4.80. The number of aryl methyl sites for hydroxylation is 1. The number of fused-ring (bicyclic) bond motifs is 1. The molecule has 5 aromatic carbocycles. The van der Waals surface area contributed by atoms with Crippen LogP contribution in [0.5, 0.6) is 0 Å². The molecule has 0 aliphatic heterocycles. The van der Waals surface area contributed by atoms with E-state index >= 15 is 0 Å². The van der Waals surface area contributed by atoms with Gasteiger partial charge in [-0.05, 0) is 46.5 Å². The van der Waals surface area contributed by atoms with Gasteiger partial charge in [-0.1, -0.05) is 121 Å². The van der Waals surface area contributed by atoms with Crippen LogP contribution in [0.4, 0.5) is 0 Å². The van der Waals surface area contributed by atoms with Crippen LogP contribution in [-0.4, -0.2) is 29.1 Å². The van der Waals surface area contributed by atoms with Gasteiger partial charge in [0.2, 0.25) is 0 Å². The van der Waals surface area contributed by atoms with Crippen molar-refractivity contribution in [3.8, 4) is 62.2 Å². The molecule has 0 saturated heterocycles. The monoisotopic (exact) mass is 618 g/mol. The molecule has 3 aromatic heterocycles. The molecule has 7 heteroatoms. The second kappa shape index (κ2) is 11.8. The van der Waals surface area contributed by atoms with Crippen LogP contribution in [0.15, 0.2) is 156 Å². The van der Waals surface area contributed by atoms with E-state index in [1.807, 2.05) is 60.7 Å².